The normalized spacial score (nSPS) is 13.3. The fraction of sp³-hybridized carbons (Fsp3) is 0.185. The maximum Gasteiger partial charge on any atom is 0.234 e. The molecule has 1 N–H and O–H groups in total. The zero-order valence-electron chi connectivity index (χ0n) is 19.1. The molecule has 5 rings (SSSR count). The molecule has 0 aliphatic carbocycles. The molecular weight excluding hydrogens is 458 g/mol. The first-order chi connectivity index (χ1) is 17.2. The van der Waals surface area contributed by atoms with Gasteiger partial charge in [0, 0.05) is 36.4 Å². The van der Waals surface area contributed by atoms with Crippen molar-refractivity contribution in [2.24, 2.45) is 0 Å². The van der Waals surface area contributed by atoms with Gasteiger partial charge in [0.15, 0.2) is 5.16 Å². The van der Waals surface area contributed by atoms with Gasteiger partial charge >= 0.3 is 0 Å². The van der Waals surface area contributed by atoms with Crippen LogP contribution in [0.25, 0.3) is 5.69 Å². The molecule has 2 amide bonds. The van der Waals surface area contributed by atoms with Gasteiger partial charge in [0.25, 0.3) is 0 Å². The number of anilines is 2. The summed E-state index contributed by atoms with van der Waals surface area (Å²) in [6.45, 7) is 0.715. The van der Waals surface area contributed by atoms with Crippen molar-refractivity contribution in [3.05, 3.63) is 96.3 Å². The smallest absolute Gasteiger partial charge is 0.234 e. The van der Waals surface area contributed by atoms with E-state index in [-0.39, 0.29) is 17.6 Å². The van der Waals surface area contributed by atoms with Gasteiger partial charge < -0.3 is 10.2 Å². The van der Waals surface area contributed by atoms with Gasteiger partial charge in [-0.25, -0.2) is 0 Å². The van der Waals surface area contributed by atoms with Gasteiger partial charge in [-0.3, -0.25) is 14.2 Å². The molecule has 1 fully saturated rings. The lowest BCUT2D eigenvalue weighted by Crippen LogP contribution is -2.23. The minimum Gasteiger partial charge on any atom is -0.325 e. The third kappa shape index (κ3) is 5.44. The van der Waals surface area contributed by atoms with Crippen LogP contribution in [0.1, 0.15) is 24.2 Å². The molecular formula is C27H25N5O2S. The van der Waals surface area contributed by atoms with Gasteiger partial charge in [0.1, 0.15) is 5.82 Å². The highest BCUT2D eigenvalue weighted by Crippen LogP contribution is 2.26. The zero-order valence-corrected chi connectivity index (χ0v) is 19.9. The van der Waals surface area contributed by atoms with E-state index in [0.29, 0.717) is 30.2 Å². The van der Waals surface area contributed by atoms with Crippen molar-refractivity contribution < 1.29 is 9.59 Å². The minimum atomic E-state index is -0.146. The number of benzene rings is 3. The van der Waals surface area contributed by atoms with Gasteiger partial charge in [-0.05, 0) is 42.3 Å². The Balaban J connectivity index is 1.30. The average Bonchev–Trinajstić information content (AvgIpc) is 3.50. The summed E-state index contributed by atoms with van der Waals surface area (Å²) in [6.07, 6.45) is 2.07. The van der Waals surface area contributed by atoms with Crippen LogP contribution in [0, 0.1) is 0 Å². The summed E-state index contributed by atoms with van der Waals surface area (Å²) in [5.74, 6) is 0.972. The van der Waals surface area contributed by atoms with E-state index in [1.807, 2.05) is 77.4 Å². The lowest BCUT2D eigenvalue weighted by Gasteiger charge is -2.16. The summed E-state index contributed by atoms with van der Waals surface area (Å²) >= 11 is 1.34. The molecule has 176 valence electrons. The molecule has 0 saturated carbocycles. The summed E-state index contributed by atoms with van der Waals surface area (Å²) in [5.41, 5.74) is 3.58. The number of carbonyl (C=O) groups excluding carboxylic acids is 2. The SMILES string of the molecule is O=C(CSc1nnc(Cc2ccccc2)n1-c1ccccc1)Nc1cccc(N2CCCC2=O)c1. The number of rotatable bonds is 8. The van der Waals surface area contributed by atoms with Crippen LogP contribution in [0.5, 0.6) is 0 Å². The molecule has 1 aliphatic heterocycles. The highest BCUT2D eigenvalue weighted by Gasteiger charge is 2.22. The van der Waals surface area contributed by atoms with E-state index < -0.39 is 0 Å². The second kappa shape index (κ2) is 10.6. The van der Waals surface area contributed by atoms with Gasteiger partial charge in [-0.1, -0.05) is 66.4 Å². The van der Waals surface area contributed by atoms with Crippen molar-refractivity contribution in [3.8, 4) is 5.69 Å². The van der Waals surface area contributed by atoms with Gasteiger partial charge in [-0.2, -0.15) is 0 Å². The highest BCUT2D eigenvalue weighted by molar-refractivity contribution is 7.99. The second-order valence-electron chi connectivity index (χ2n) is 8.27. The number of nitrogens with zero attached hydrogens (tertiary/aromatic N) is 4. The topological polar surface area (TPSA) is 80.1 Å². The maximum absolute atomic E-state index is 12.8. The van der Waals surface area contributed by atoms with Crippen molar-refractivity contribution in [1.29, 1.82) is 0 Å². The molecule has 2 heterocycles. The first-order valence-corrected chi connectivity index (χ1v) is 12.5. The van der Waals surface area contributed by atoms with Crippen LogP contribution in [-0.4, -0.2) is 38.9 Å². The number of carbonyl (C=O) groups is 2. The molecule has 1 saturated heterocycles. The second-order valence-corrected chi connectivity index (χ2v) is 9.21. The van der Waals surface area contributed by atoms with Crippen molar-refractivity contribution in [3.63, 3.8) is 0 Å². The molecule has 3 aromatic carbocycles. The Kier molecular flexibility index (Phi) is 6.90. The van der Waals surface area contributed by atoms with E-state index in [2.05, 4.69) is 27.6 Å². The summed E-state index contributed by atoms with van der Waals surface area (Å²) in [6, 6.07) is 27.5. The minimum absolute atomic E-state index is 0.121. The van der Waals surface area contributed by atoms with E-state index in [9.17, 15) is 9.59 Å². The van der Waals surface area contributed by atoms with Crippen LogP contribution in [0.15, 0.2) is 90.1 Å². The Hall–Kier alpha value is -3.91. The fourth-order valence-electron chi connectivity index (χ4n) is 4.12. The van der Waals surface area contributed by atoms with Crippen molar-refractivity contribution in [1.82, 2.24) is 14.8 Å². The van der Waals surface area contributed by atoms with Gasteiger partial charge in [0.05, 0.1) is 5.75 Å². The molecule has 0 spiro atoms. The number of hydrogen-bond donors (Lipinski definition) is 1. The number of aromatic nitrogens is 3. The molecule has 0 bridgehead atoms. The number of para-hydroxylation sites is 1. The monoisotopic (exact) mass is 483 g/mol. The Morgan fingerprint density at radius 1 is 0.914 bits per heavy atom. The summed E-state index contributed by atoms with van der Waals surface area (Å²) in [4.78, 5) is 26.6. The van der Waals surface area contributed by atoms with E-state index in [1.165, 1.54) is 11.8 Å². The first-order valence-electron chi connectivity index (χ1n) is 11.5. The van der Waals surface area contributed by atoms with Crippen LogP contribution in [0.3, 0.4) is 0 Å². The number of hydrogen-bond acceptors (Lipinski definition) is 5. The lowest BCUT2D eigenvalue weighted by molar-refractivity contribution is -0.117. The molecule has 8 heteroatoms. The summed E-state index contributed by atoms with van der Waals surface area (Å²) < 4.78 is 2.00. The Morgan fingerprint density at radius 3 is 2.40 bits per heavy atom. The van der Waals surface area contributed by atoms with Crippen molar-refractivity contribution in [2.75, 3.05) is 22.5 Å². The molecule has 0 radical (unpaired) electrons. The van der Waals surface area contributed by atoms with E-state index >= 15 is 0 Å². The average molecular weight is 484 g/mol. The standard InChI is InChI=1S/C27H25N5O2S/c33-25(28-21-11-7-14-23(18-21)31-16-8-15-26(31)34)19-35-27-30-29-24(17-20-9-3-1-4-10-20)32(27)22-12-5-2-6-13-22/h1-7,9-14,18H,8,15-17,19H2,(H,28,33). The van der Waals surface area contributed by atoms with Crippen LogP contribution >= 0.6 is 11.8 Å². The number of thioether (sulfide) groups is 1. The fourth-order valence-corrected chi connectivity index (χ4v) is 4.89. The summed E-state index contributed by atoms with van der Waals surface area (Å²) in [7, 11) is 0. The third-order valence-corrected chi connectivity index (χ3v) is 6.70. The van der Waals surface area contributed by atoms with Crippen LogP contribution in [-0.2, 0) is 16.0 Å². The van der Waals surface area contributed by atoms with Crippen LogP contribution in [0.4, 0.5) is 11.4 Å². The molecule has 4 aromatic rings. The highest BCUT2D eigenvalue weighted by atomic mass is 32.2. The first kappa shape index (κ1) is 22.9. The van der Waals surface area contributed by atoms with E-state index in [4.69, 9.17) is 0 Å². The number of amides is 2. The van der Waals surface area contributed by atoms with Crippen LogP contribution < -0.4 is 10.2 Å². The quantitative estimate of drug-likeness (QED) is 0.367. The number of nitrogens with one attached hydrogen (secondary N) is 1. The molecule has 7 nitrogen and oxygen atoms in total. The van der Waals surface area contributed by atoms with Crippen LogP contribution in [0.2, 0.25) is 0 Å². The Bertz CT molecular complexity index is 1320. The summed E-state index contributed by atoms with van der Waals surface area (Å²) in [5, 5.41) is 12.4. The molecule has 35 heavy (non-hydrogen) atoms. The predicted molar refractivity (Wildman–Crippen MR) is 138 cm³/mol. The van der Waals surface area contributed by atoms with E-state index in [1.54, 1.807) is 4.90 Å². The Morgan fingerprint density at radius 2 is 1.66 bits per heavy atom. The molecule has 0 atom stereocenters. The van der Waals surface area contributed by atoms with Crippen molar-refractivity contribution in [2.45, 2.75) is 24.4 Å². The molecule has 0 unspecified atom stereocenters. The largest absolute Gasteiger partial charge is 0.325 e. The van der Waals surface area contributed by atoms with Gasteiger partial charge in [0.2, 0.25) is 11.8 Å². The lowest BCUT2D eigenvalue weighted by atomic mass is 10.1. The third-order valence-electron chi connectivity index (χ3n) is 5.77. The predicted octanol–water partition coefficient (Wildman–Crippen LogP) is 4.72. The molecule has 1 aliphatic rings. The molecule has 1 aromatic heterocycles. The van der Waals surface area contributed by atoms with E-state index in [0.717, 1.165) is 29.2 Å². The zero-order chi connectivity index (χ0) is 24.0. The maximum atomic E-state index is 12.8. The van der Waals surface area contributed by atoms with Gasteiger partial charge in [-0.15, -0.1) is 10.2 Å². The Labute approximate surface area is 208 Å². The van der Waals surface area contributed by atoms with Crippen molar-refractivity contribution >= 4 is 35.0 Å².